The highest BCUT2D eigenvalue weighted by Gasteiger charge is 2.44. The summed E-state index contributed by atoms with van der Waals surface area (Å²) in [6.07, 6.45) is -0.775. The van der Waals surface area contributed by atoms with Crippen LogP contribution in [0.25, 0.3) is 0 Å². The number of aliphatic hydroxyl groups is 1. The van der Waals surface area contributed by atoms with Crippen molar-refractivity contribution < 1.29 is 14.6 Å². The first kappa shape index (κ1) is 9.83. The molecule has 3 unspecified atom stereocenters. The first-order chi connectivity index (χ1) is 5.57. The number of nitrogens with zero attached hydrogens (tertiary/aromatic N) is 1. The molecule has 12 heavy (non-hydrogen) atoms. The Morgan fingerprint density at radius 2 is 2.25 bits per heavy atom. The van der Waals surface area contributed by atoms with Gasteiger partial charge in [0.2, 0.25) is 0 Å². The van der Waals surface area contributed by atoms with Crippen LogP contribution in [-0.4, -0.2) is 54.1 Å². The quantitative estimate of drug-likeness (QED) is 0.558. The van der Waals surface area contributed by atoms with Crippen LogP contribution in [0.2, 0.25) is 0 Å². The van der Waals surface area contributed by atoms with Gasteiger partial charge in [-0.25, -0.2) is 0 Å². The highest BCUT2D eigenvalue weighted by Crippen LogP contribution is 2.27. The lowest BCUT2D eigenvalue weighted by Crippen LogP contribution is -2.58. The largest absolute Gasteiger partial charge is 0.394 e. The van der Waals surface area contributed by atoms with Crippen molar-refractivity contribution in [1.29, 1.82) is 0 Å². The molecule has 1 aliphatic heterocycles. The molecule has 0 bridgehead atoms. The summed E-state index contributed by atoms with van der Waals surface area (Å²) in [7, 11) is 3.33. The van der Waals surface area contributed by atoms with Crippen LogP contribution < -0.4 is 0 Å². The van der Waals surface area contributed by atoms with E-state index >= 15 is 0 Å². The second-order valence-corrected chi connectivity index (χ2v) is 3.60. The molecule has 1 N–H and O–H groups in total. The van der Waals surface area contributed by atoms with E-state index in [2.05, 4.69) is 12.6 Å². The van der Waals surface area contributed by atoms with Gasteiger partial charge < -0.3 is 14.7 Å². The predicted octanol–water partition coefficient (Wildman–Crippen LogP) is -0.867. The van der Waals surface area contributed by atoms with E-state index < -0.39 is 6.10 Å². The van der Waals surface area contributed by atoms with Crippen molar-refractivity contribution in [3.8, 4) is 0 Å². The van der Waals surface area contributed by atoms with Crippen LogP contribution in [0, 0.1) is 0 Å². The molecule has 1 fully saturated rings. The number of thiol groups is 1. The Bertz CT molecular complexity index is 185. The molecule has 70 valence electrons. The highest BCUT2D eigenvalue weighted by molar-refractivity contribution is 7.81. The van der Waals surface area contributed by atoms with Crippen LogP contribution >= 0.6 is 12.6 Å². The van der Waals surface area contributed by atoms with Crippen molar-refractivity contribution in [1.82, 2.24) is 4.90 Å². The number of ether oxygens (including phenoxy) is 1. The van der Waals surface area contributed by atoms with E-state index in [4.69, 9.17) is 9.84 Å². The van der Waals surface area contributed by atoms with Crippen LogP contribution in [0.4, 0.5) is 0 Å². The molecule has 1 heterocycles. The summed E-state index contributed by atoms with van der Waals surface area (Å²) in [5.74, 6) is -0.0975. The summed E-state index contributed by atoms with van der Waals surface area (Å²) in [5, 5.41) is 8.52. The zero-order valence-electron chi connectivity index (χ0n) is 7.10. The maximum atomic E-state index is 11.3. The zero-order chi connectivity index (χ0) is 9.30. The maximum absolute atomic E-state index is 11.3. The van der Waals surface area contributed by atoms with E-state index in [0.717, 1.165) is 0 Å². The predicted molar refractivity (Wildman–Crippen MR) is 47.2 cm³/mol. The number of hydrogen-bond acceptors (Lipinski definition) is 4. The van der Waals surface area contributed by atoms with Gasteiger partial charge in [-0.2, -0.15) is 12.6 Å². The van der Waals surface area contributed by atoms with Gasteiger partial charge in [0.05, 0.1) is 18.0 Å². The Hall–Kier alpha value is -0.260. The number of hydrogen-bond donors (Lipinski definition) is 2. The Balaban J connectivity index is 2.44. The number of likely N-dealkylation sites (N-methyl/N-ethyl adjacent to an activating group) is 1. The standard InChI is InChI=1S/C7H13NO3S/c1-8(2)7(10)5-6(12)4(3-9)11-5/h4-6,9,12H,3H2,1-2H3. The molecule has 0 aromatic carbocycles. The lowest BCUT2D eigenvalue weighted by Gasteiger charge is -2.40. The average molecular weight is 191 g/mol. The van der Waals surface area contributed by atoms with Gasteiger partial charge in [0.25, 0.3) is 5.91 Å². The summed E-state index contributed by atoms with van der Waals surface area (Å²) >= 11 is 4.16. The van der Waals surface area contributed by atoms with E-state index in [1.807, 2.05) is 0 Å². The first-order valence-corrected chi connectivity index (χ1v) is 4.25. The van der Waals surface area contributed by atoms with Crippen molar-refractivity contribution >= 4 is 18.5 Å². The summed E-state index contributed by atoms with van der Waals surface area (Å²) in [4.78, 5) is 12.7. The highest BCUT2D eigenvalue weighted by atomic mass is 32.1. The number of amides is 1. The normalized spacial score (nSPS) is 34.2. The third kappa shape index (κ3) is 1.57. The van der Waals surface area contributed by atoms with Gasteiger partial charge in [-0.05, 0) is 0 Å². The van der Waals surface area contributed by atoms with Crippen molar-refractivity contribution in [2.45, 2.75) is 17.5 Å². The minimum atomic E-state index is -0.486. The topological polar surface area (TPSA) is 49.8 Å². The Morgan fingerprint density at radius 3 is 2.58 bits per heavy atom. The number of carbonyl (C=O) groups is 1. The van der Waals surface area contributed by atoms with E-state index in [1.165, 1.54) is 4.90 Å². The molecule has 4 nitrogen and oxygen atoms in total. The van der Waals surface area contributed by atoms with E-state index in [0.29, 0.717) is 0 Å². The van der Waals surface area contributed by atoms with Crippen LogP contribution in [0.15, 0.2) is 0 Å². The van der Waals surface area contributed by atoms with Crippen molar-refractivity contribution in [2.24, 2.45) is 0 Å². The maximum Gasteiger partial charge on any atom is 0.252 e. The van der Waals surface area contributed by atoms with Gasteiger partial charge in [0, 0.05) is 14.1 Å². The van der Waals surface area contributed by atoms with Crippen molar-refractivity contribution in [2.75, 3.05) is 20.7 Å². The third-order valence-electron chi connectivity index (χ3n) is 1.88. The first-order valence-electron chi connectivity index (χ1n) is 3.73. The molecule has 0 aromatic heterocycles. The summed E-state index contributed by atoms with van der Waals surface area (Å²) in [5.41, 5.74) is 0. The van der Waals surface area contributed by atoms with Gasteiger partial charge >= 0.3 is 0 Å². The molecule has 1 amide bonds. The molecular weight excluding hydrogens is 178 g/mol. The van der Waals surface area contributed by atoms with Gasteiger partial charge in [-0.3, -0.25) is 4.79 Å². The van der Waals surface area contributed by atoms with Crippen molar-refractivity contribution in [3.05, 3.63) is 0 Å². The Labute approximate surface area is 76.9 Å². The fraction of sp³-hybridized carbons (Fsp3) is 0.857. The van der Waals surface area contributed by atoms with Gasteiger partial charge in [0.1, 0.15) is 0 Å². The van der Waals surface area contributed by atoms with Crippen LogP contribution in [-0.2, 0) is 9.53 Å². The molecule has 0 saturated carbocycles. The van der Waals surface area contributed by atoms with Gasteiger partial charge in [0.15, 0.2) is 6.10 Å². The number of carbonyl (C=O) groups excluding carboxylic acids is 1. The molecule has 0 spiro atoms. The van der Waals surface area contributed by atoms with Crippen LogP contribution in [0.3, 0.4) is 0 Å². The van der Waals surface area contributed by atoms with E-state index in [1.54, 1.807) is 14.1 Å². The Morgan fingerprint density at radius 1 is 1.67 bits per heavy atom. The molecule has 3 atom stereocenters. The zero-order valence-corrected chi connectivity index (χ0v) is 7.99. The molecule has 0 radical (unpaired) electrons. The van der Waals surface area contributed by atoms with Gasteiger partial charge in [-0.15, -0.1) is 0 Å². The molecule has 1 rings (SSSR count). The average Bonchev–Trinajstić information content (AvgIpc) is 2.02. The molecule has 1 saturated heterocycles. The Kier molecular flexibility index (Phi) is 2.98. The van der Waals surface area contributed by atoms with E-state index in [9.17, 15) is 4.79 Å². The minimum absolute atomic E-state index is 0.0780. The fourth-order valence-electron chi connectivity index (χ4n) is 1.06. The second-order valence-electron chi connectivity index (χ2n) is 3.00. The summed E-state index contributed by atoms with van der Waals surface area (Å²) in [6.45, 7) is -0.0780. The molecule has 0 aliphatic carbocycles. The lowest BCUT2D eigenvalue weighted by atomic mass is 10.0. The van der Waals surface area contributed by atoms with E-state index in [-0.39, 0.29) is 23.9 Å². The lowest BCUT2D eigenvalue weighted by molar-refractivity contribution is -0.172. The summed E-state index contributed by atoms with van der Waals surface area (Å²) in [6, 6.07) is 0. The third-order valence-corrected chi connectivity index (χ3v) is 2.48. The molecule has 5 heteroatoms. The van der Waals surface area contributed by atoms with Crippen LogP contribution in [0.5, 0.6) is 0 Å². The SMILES string of the molecule is CN(C)C(=O)C1OC(CO)C1S. The summed E-state index contributed by atoms with van der Waals surface area (Å²) < 4.78 is 5.11. The van der Waals surface area contributed by atoms with Gasteiger partial charge in [-0.1, -0.05) is 0 Å². The molecule has 1 aliphatic rings. The molecule has 0 aromatic rings. The fourth-order valence-corrected chi connectivity index (χ4v) is 1.43. The van der Waals surface area contributed by atoms with Crippen molar-refractivity contribution in [3.63, 3.8) is 0 Å². The smallest absolute Gasteiger partial charge is 0.252 e. The monoisotopic (exact) mass is 191 g/mol. The second kappa shape index (κ2) is 3.64. The number of aliphatic hydroxyl groups excluding tert-OH is 1. The number of rotatable bonds is 2. The molecular formula is C7H13NO3S. The van der Waals surface area contributed by atoms with Crippen LogP contribution in [0.1, 0.15) is 0 Å². The minimum Gasteiger partial charge on any atom is -0.394 e.